The molecule has 0 bridgehead atoms. The molecule has 8 nitrogen and oxygen atoms in total. The van der Waals surface area contributed by atoms with E-state index in [4.69, 9.17) is 19.7 Å². The molecule has 0 aliphatic carbocycles. The van der Waals surface area contributed by atoms with Crippen LogP contribution in [0.1, 0.15) is 24.2 Å². The van der Waals surface area contributed by atoms with Crippen molar-refractivity contribution in [3.8, 4) is 0 Å². The van der Waals surface area contributed by atoms with E-state index < -0.39 is 34.2 Å². The third kappa shape index (κ3) is 8.05. The lowest BCUT2D eigenvalue weighted by Crippen LogP contribution is -2.13. The Bertz CT molecular complexity index is 570. The maximum atomic E-state index is 11.5. The molecule has 1 aromatic carbocycles. The molecular weight excluding hydrogens is 328 g/mol. The van der Waals surface area contributed by atoms with Gasteiger partial charge in [0.25, 0.3) is 10.1 Å². The van der Waals surface area contributed by atoms with Crippen molar-refractivity contribution in [2.45, 2.75) is 25.0 Å². The number of carboxylic acids is 1. The van der Waals surface area contributed by atoms with Crippen molar-refractivity contribution in [3.05, 3.63) is 29.8 Å². The van der Waals surface area contributed by atoms with Gasteiger partial charge in [-0.1, -0.05) is 12.1 Å². The predicted octanol–water partition coefficient (Wildman–Crippen LogP) is 1.10. The van der Waals surface area contributed by atoms with Gasteiger partial charge < -0.3 is 19.7 Å². The second-order valence-electron chi connectivity index (χ2n) is 4.06. The molecule has 23 heavy (non-hydrogen) atoms. The van der Waals surface area contributed by atoms with Crippen molar-refractivity contribution in [2.24, 2.45) is 0 Å². The van der Waals surface area contributed by atoms with Gasteiger partial charge in [0.05, 0.1) is 18.8 Å². The van der Waals surface area contributed by atoms with Crippen molar-refractivity contribution in [2.75, 3.05) is 26.9 Å². The standard InChI is InChI=1S/C9H10O6S.C5H12O2/c10-5-6-15-16(13,14)8-4-2-1-3-7(8)9(11)12;1-4-7-5(2)6-3/h1-4,10H,5-6H2,(H,11,12);5H,4H2,1-3H3. The zero-order valence-electron chi connectivity index (χ0n) is 13.3. The second-order valence-corrected chi connectivity index (χ2v) is 5.64. The molecule has 1 unspecified atom stereocenters. The van der Waals surface area contributed by atoms with Crippen molar-refractivity contribution in [1.82, 2.24) is 0 Å². The molecule has 132 valence electrons. The fourth-order valence-electron chi connectivity index (χ4n) is 1.37. The van der Waals surface area contributed by atoms with Crippen molar-refractivity contribution in [1.29, 1.82) is 0 Å². The number of hydrogen-bond acceptors (Lipinski definition) is 7. The average Bonchev–Trinajstić information content (AvgIpc) is 2.53. The van der Waals surface area contributed by atoms with Gasteiger partial charge in [-0.3, -0.25) is 4.18 Å². The minimum atomic E-state index is -4.14. The van der Waals surface area contributed by atoms with Crippen molar-refractivity contribution >= 4 is 16.1 Å². The van der Waals surface area contributed by atoms with Gasteiger partial charge in [-0.2, -0.15) is 8.42 Å². The Balaban J connectivity index is 0.000000585. The van der Waals surface area contributed by atoms with Crippen LogP contribution in [0.5, 0.6) is 0 Å². The molecule has 0 saturated heterocycles. The highest BCUT2D eigenvalue weighted by Gasteiger charge is 2.22. The van der Waals surface area contributed by atoms with Crippen LogP contribution >= 0.6 is 0 Å². The van der Waals surface area contributed by atoms with E-state index in [9.17, 15) is 13.2 Å². The molecule has 0 heterocycles. The number of methoxy groups -OCH3 is 1. The fraction of sp³-hybridized carbons (Fsp3) is 0.500. The van der Waals surface area contributed by atoms with Gasteiger partial charge in [-0.05, 0) is 26.0 Å². The van der Waals surface area contributed by atoms with Crippen LogP contribution in [0.3, 0.4) is 0 Å². The highest BCUT2D eigenvalue weighted by molar-refractivity contribution is 7.86. The lowest BCUT2D eigenvalue weighted by atomic mass is 10.2. The number of ether oxygens (including phenoxy) is 2. The SMILES string of the molecule is CCOC(C)OC.O=C(O)c1ccccc1S(=O)(=O)OCCO. The number of benzene rings is 1. The third-order valence-electron chi connectivity index (χ3n) is 2.45. The van der Waals surface area contributed by atoms with Gasteiger partial charge >= 0.3 is 5.97 Å². The van der Waals surface area contributed by atoms with Gasteiger partial charge in [0.1, 0.15) is 4.90 Å². The van der Waals surface area contributed by atoms with Gasteiger partial charge in [-0.15, -0.1) is 0 Å². The molecule has 9 heteroatoms. The first kappa shape index (κ1) is 21.5. The highest BCUT2D eigenvalue weighted by atomic mass is 32.2. The number of rotatable bonds is 8. The van der Waals surface area contributed by atoms with E-state index in [2.05, 4.69) is 4.18 Å². The summed E-state index contributed by atoms with van der Waals surface area (Å²) in [5.74, 6) is -1.35. The predicted molar refractivity (Wildman–Crippen MR) is 81.7 cm³/mol. The normalized spacial score (nSPS) is 12.2. The number of aliphatic hydroxyl groups is 1. The Morgan fingerprint density at radius 1 is 1.30 bits per heavy atom. The largest absolute Gasteiger partial charge is 0.478 e. The van der Waals surface area contributed by atoms with Crippen LogP contribution in [0.15, 0.2) is 29.2 Å². The molecule has 1 rings (SSSR count). The Labute approximate surface area is 135 Å². The molecular formula is C14H22O8S. The number of carboxylic acid groups (broad SMARTS) is 1. The first-order chi connectivity index (χ1) is 10.8. The molecule has 0 saturated carbocycles. The molecule has 0 aliphatic rings. The number of aromatic carboxylic acids is 1. The van der Waals surface area contributed by atoms with Crippen LogP contribution in [-0.4, -0.2) is 57.8 Å². The van der Waals surface area contributed by atoms with Crippen LogP contribution in [-0.2, 0) is 23.8 Å². The Kier molecular flexibility index (Phi) is 10.4. The summed E-state index contributed by atoms with van der Waals surface area (Å²) in [5, 5.41) is 17.2. The van der Waals surface area contributed by atoms with E-state index in [-0.39, 0.29) is 11.9 Å². The van der Waals surface area contributed by atoms with Crippen molar-refractivity contribution < 1.29 is 37.1 Å². The molecule has 1 atom stereocenters. The molecule has 0 aromatic heterocycles. The third-order valence-corrected chi connectivity index (χ3v) is 3.82. The molecule has 1 aromatic rings. The minimum Gasteiger partial charge on any atom is -0.478 e. The summed E-state index contributed by atoms with van der Waals surface area (Å²) < 4.78 is 37.2. The molecule has 2 N–H and O–H groups in total. The number of hydrogen-bond donors (Lipinski definition) is 2. The molecule has 0 radical (unpaired) electrons. The summed E-state index contributed by atoms with van der Waals surface area (Å²) in [6, 6.07) is 5.10. The summed E-state index contributed by atoms with van der Waals surface area (Å²) in [7, 11) is -2.51. The first-order valence-electron chi connectivity index (χ1n) is 6.77. The Hall–Kier alpha value is -1.52. The highest BCUT2D eigenvalue weighted by Crippen LogP contribution is 2.17. The van der Waals surface area contributed by atoms with Gasteiger partial charge in [0.2, 0.25) is 0 Å². The summed E-state index contributed by atoms with van der Waals surface area (Å²) >= 11 is 0. The zero-order chi connectivity index (χ0) is 17.9. The molecule has 0 amide bonds. The lowest BCUT2D eigenvalue weighted by Gasteiger charge is -2.06. The van der Waals surface area contributed by atoms with Crippen LogP contribution < -0.4 is 0 Å². The topological polar surface area (TPSA) is 119 Å². The Morgan fingerprint density at radius 3 is 2.35 bits per heavy atom. The summed E-state index contributed by atoms with van der Waals surface area (Å²) in [5.41, 5.74) is -0.361. The quantitative estimate of drug-likeness (QED) is 0.528. The molecule has 0 spiro atoms. The summed E-state index contributed by atoms with van der Waals surface area (Å²) in [6.45, 7) is 3.65. The lowest BCUT2D eigenvalue weighted by molar-refractivity contribution is -0.106. The Morgan fingerprint density at radius 2 is 1.91 bits per heavy atom. The van der Waals surface area contributed by atoms with Gasteiger partial charge in [0, 0.05) is 13.7 Å². The van der Waals surface area contributed by atoms with Crippen LogP contribution in [0.2, 0.25) is 0 Å². The minimum absolute atomic E-state index is 0.0509. The van der Waals surface area contributed by atoms with Crippen LogP contribution in [0.25, 0.3) is 0 Å². The summed E-state index contributed by atoms with van der Waals surface area (Å²) in [6.07, 6.45) is -0.0509. The molecule has 0 aliphatic heterocycles. The van der Waals surface area contributed by atoms with E-state index in [0.29, 0.717) is 0 Å². The van der Waals surface area contributed by atoms with E-state index >= 15 is 0 Å². The molecule has 0 fully saturated rings. The maximum absolute atomic E-state index is 11.5. The number of carbonyl (C=O) groups is 1. The van der Waals surface area contributed by atoms with E-state index in [0.717, 1.165) is 18.7 Å². The fourth-order valence-corrected chi connectivity index (χ4v) is 2.47. The van der Waals surface area contributed by atoms with E-state index in [1.807, 2.05) is 13.8 Å². The average molecular weight is 350 g/mol. The van der Waals surface area contributed by atoms with Crippen LogP contribution in [0.4, 0.5) is 0 Å². The zero-order valence-corrected chi connectivity index (χ0v) is 14.1. The first-order valence-corrected chi connectivity index (χ1v) is 8.18. The van der Waals surface area contributed by atoms with Gasteiger partial charge in [-0.25, -0.2) is 4.79 Å². The maximum Gasteiger partial charge on any atom is 0.337 e. The van der Waals surface area contributed by atoms with Crippen LogP contribution in [0, 0.1) is 0 Å². The smallest absolute Gasteiger partial charge is 0.337 e. The monoisotopic (exact) mass is 350 g/mol. The second kappa shape index (κ2) is 11.1. The summed E-state index contributed by atoms with van der Waals surface area (Å²) in [4.78, 5) is 10.4. The van der Waals surface area contributed by atoms with Gasteiger partial charge in [0.15, 0.2) is 6.29 Å². The van der Waals surface area contributed by atoms with Crippen molar-refractivity contribution in [3.63, 3.8) is 0 Å². The number of aliphatic hydroxyl groups excluding tert-OH is 1. The van der Waals surface area contributed by atoms with E-state index in [1.165, 1.54) is 12.1 Å². The van der Waals surface area contributed by atoms with E-state index in [1.54, 1.807) is 7.11 Å².